The van der Waals surface area contributed by atoms with Crippen molar-refractivity contribution in [2.45, 2.75) is 25.8 Å². The van der Waals surface area contributed by atoms with Crippen LogP contribution in [0.1, 0.15) is 35.0 Å². The van der Waals surface area contributed by atoms with Gasteiger partial charge in [-0.3, -0.25) is 20.1 Å². The molecule has 0 aliphatic carbocycles. The maximum Gasteiger partial charge on any atom is 0.341 e. The number of carbonyl (C=O) groups excluding carboxylic acids is 1. The Morgan fingerprint density at radius 1 is 1.14 bits per heavy atom. The molecule has 4 rings (SSSR count). The van der Waals surface area contributed by atoms with Gasteiger partial charge in [0, 0.05) is 30.6 Å². The average molecular weight is 473 g/mol. The molecule has 1 aromatic carbocycles. The number of benzene rings is 1. The Labute approximate surface area is 202 Å². The number of nitro groups is 1. The predicted molar refractivity (Wildman–Crippen MR) is 131 cm³/mol. The van der Waals surface area contributed by atoms with Gasteiger partial charge in [-0.05, 0) is 38.5 Å². The van der Waals surface area contributed by atoms with E-state index in [2.05, 4.69) is 25.3 Å². The van der Waals surface area contributed by atoms with Crippen LogP contribution in [0.2, 0.25) is 0 Å². The fourth-order valence-corrected chi connectivity index (χ4v) is 3.72. The minimum Gasteiger partial charge on any atom is -0.462 e. The fraction of sp³-hybridized carbons (Fsp3) is 0.240. The van der Waals surface area contributed by atoms with Crippen molar-refractivity contribution in [1.82, 2.24) is 15.0 Å². The summed E-state index contributed by atoms with van der Waals surface area (Å²) in [5, 5.41) is 14.2. The molecule has 0 saturated carbocycles. The Morgan fingerprint density at radius 3 is 2.57 bits per heavy atom. The fourth-order valence-electron chi connectivity index (χ4n) is 3.72. The second-order valence-corrected chi connectivity index (χ2v) is 7.94. The largest absolute Gasteiger partial charge is 0.462 e. The van der Waals surface area contributed by atoms with Crippen molar-refractivity contribution in [2.75, 3.05) is 18.5 Å². The van der Waals surface area contributed by atoms with E-state index in [1.807, 2.05) is 43.3 Å². The summed E-state index contributed by atoms with van der Waals surface area (Å²) < 4.78 is 5.18. The van der Waals surface area contributed by atoms with Gasteiger partial charge >= 0.3 is 5.97 Å². The Bertz CT molecular complexity index is 1270. The smallest absolute Gasteiger partial charge is 0.341 e. The number of pyridine rings is 1. The van der Waals surface area contributed by atoms with E-state index in [9.17, 15) is 14.9 Å². The van der Waals surface area contributed by atoms with Gasteiger partial charge in [0.2, 0.25) is 5.95 Å². The summed E-state index contributed by atoms with van der Waals surface area (Å²) in [4.78, 5) is 40.7. The molecule has 0 saturated heterocycles. The Kier molecular flexibility index (Phi) is 6.91. The van der Waals surface area contributed by atoms with Gasteiger partial charge in [0.05, 0.1) is 22.9 Å². The third-order valence-corrected chi connectivity index (χ3v) is 5.56. The zero-order valence-electron chi connectivity index (χ0n) is 19.3. The molecule has 3 heterocycles. The number of rotatable bonds is 9. The first-order chi connectivity index (χ1) is 16.9. The van der Waals surface area contributed by atoms with Crippen molar-refractivity contribution in [3.63, 3.8) is 0 Å². The molecule has 1 N–H and O–H groups in total. The predicted octanol–water partition coefficient (Wildman–Crippen LogP) is 4.27. The summed E-state index contributed by atoms with van der Waals surface area (Å²) in [6.07, 6.45) is 8.62. The first kappa shape index (κ1) is 23.7. The molecule has 10 nitrogen and oxygen atoms in total. The second-order valence-electron chi connectivity index (χ2n) is 7.94. The van der Waals surface area contributed by atoms with Crippen molar-refractivity contribution in [2.24, 2.45) is 4.99 Å². The number of aromatic nitrogens is 3. The van der Waals surface area contributed by atoms with E-state index < -0.39 is 16.4 Å². The van der Waals surface area contributed by atoms with Crippen LogP contribution in [0.3, 0.4) is 0 Å². The molecule has 0 spiro atoms. The van der Waals surface area contributed by atoms with Gasteiger partial charge < -0.3 is 10.1 Å². The third kappa shape index (κ3) is 5.21. The topological polar surface area (TPSA) is 132 Å². The highest BCUT2D eigenvalue weighted by Crippen LogP contribution is 2.33. The molecule has 35 heavy (non-hydrogen) atoms. The van der Waals surface area contributed by atoms with E-state index in [0.29, 0.717) is 30.3 Å². The van der Waals surface area contributed by atoms with Crippen LogP contribution in [0, 0.1) is 17.0 Å². The molecular weight excluding hydrogens is 448 g/mol. The van der Waals surface area contributed by atoms with Gasteiger partial charge in [0.1, 0.15) is 17.3 Å². The number of ether oxygens (including phenoxy) is 1. The van der Waals surface area contributed by atoms with Crippen LogP contribution in [-0.2, 0) is 10.3 Å². The second kappa shape index (κ2) is 10.2. The summed E-state index contributed by atoms with van der Waals surface area (Å²) in [7, 11) is 0. The molecule has 1 atom stereocenters. The lowest BCUT2D eigenvalue weighted by atomic mass is 9.92. The van der Waals surface area contributed by atoms with E-state index in [-0.39, 0.29) is 17.9 Å². The van der Waals surface area contributed by atoms with E-state index in [1.165, 1.54) is 18.5 Å². The number of anilines is 1. The van der Waals surface area contributed by atoms with Crippen LogP contribution >= 0.6 is 0 Å². The molecule has 0 radical (unpaired) electrons. The molecule has 10 heteroatoms. The molecule has 2 aromatic heterocycles. The van der Waals surface area contributed by atoms with Gasteiger partial charge in [-0.15, -0.1) is 0 Å². The number of esters is 1. The van der Waals surface area contributed by atoms with Crippen molar-refractivity contribution >= 4 is 23.8 Å². The third-order valence-electron chi connectivity index (χ3n) is 5.56. The van der Waals surface area contributed by atoms with Crippen molar-refractivity contribution < 1.29 is 14.5 Å². The lowest BCUT2D eigenvalue weighted by molar-refractivity contribution is -0.385. The van der Waals surface area contributed by atoms with Gasteiger partial charge in [0.15, 0.2) is 0 Å². The van der Waals surface area contributed by atoms with Gasteiger partial charge in [-0.2, -0.15) is 0 Å². The Morgan fingerprint density at radius 2 is 1.94 bits per heavy atom. The molecule has 178 valence electrons. The monoisotopic (exact) mass is 472 g/mol. The number of hydrogen-bond acceptors (Lipinski definition) is 9. The average Bonchev–Trinajstić information content (AvgIpc) is 3.35. The maximum absolute atomic E-state index is 12.5. The van der Waals surface area contributed by atoms with Crippen LogP contribution in [0.5, 0.6) is 0 Å². The van der Waals surface area contributed by atoms with Gasteiger partial charge in [-0.1, -0.05) is 29.8 Å². The van der Waals surface area contributed by atoms with Gasteiger partial charge in [0.25, 0.3) is 5.69 Å². The van der Waals surface area contributed by atoms with Gasteiger partial charge in [-0.25, -0.2) is 14.8 Å². The Hall–Kier alpha value is -4.47. The molecule has 1 aliphatic heterocycles. The van der Waals surface area contributed by atoms with Crippen molar-refractivity contribution in [3.8, 4) is 11.3 Å². The number of aliphatic imine (C=N–C) groups is 1. The number of aryl methyl sites for hydroxylation is 1. The minimum atomic E-state index is -0.743. The van der Waals surface area contributed by atoms with Crippen molar-refractivity contribution in [3.05, 3.63) is 87.9 Å². The van der Waals surface area contributed by atoms with Crippen molar-refractivity contribution in [1.29, 1.82) is 0 Å². The molecule has 0 amide bonds. The van der Waals surface area contributed by atoms with Crippen LogP contribution in [-0.4, -0.2) is 45.2 Å². The first-order valence-corrected chi connectivity index (χ1v) is 11.1. The standard InChI is InChI=1S/C25H24N6O4/c1-3-35-23(32)20-16-28-24(30-22(20)18-7-5-17(2)6-8-18)26-14-12-25(11-4-13-29-25)21-10-9-19(15-27-21)31(33)34/h4-11,13,15-16H,3,12,14H2,1-2H3,(H,26,28,30). The summed E-state index contributed by atoms with van der Waals surface area (Å²) in [6.45, 7) is 4.42. The number of allylic oxidation sites excluding steroid dienone is 1. The number of carbonyl (C=O) groups is 1. The van der Waals surface area contributed by atoms with Crippen LogP contribution in [0.25, 0.3) is 11.3 Å². The normalized spacial score (nSPS) is 16.3. The minimum absolute atomic E-state index is 0.0771. The van der Waals surface area contributed by atoms with Crippen LogP contribution in [0.15, 0.2) is 65.9 Å². The molecule has 0 bridgehead atoms. The van der Waals surface area contributed by atoms with E-state index in [4.69, 9.17) is 4.74 Å². The highest BCUT2D eigenvalue weighted by molar-refractivity contribution is 5.96. The summed E-state index contributed by atoms with van der Waals surface area (Å²) in [5.74, 6) is -0.130. The summed E-state index contributed by atoms with van der Waals surface area (Å²) >= 11 is 0. The number of nitrogens with one attached hydrogen (secondary N) is 1. The van der Waals surface area contributed by atoms with Crippen LogP contribution in [0.4, 0.5) is 11.6 Å². The van der Waals surface area contributed by atoms with Crippen LogP contribution < -0.4 is 5.32 Å². The molecular formula is C25H24N6O4. The lowest BCUT2D eigenvalue weighted by Gasteiger charge is -2.23. The molecule has 1 unspecified atom stereocenters. The quantitative estimate of drug-likeness (QED) is 0.277. The zero-order chi connectivity index (χ0) is 24.8. The maximum atomic E-state index is 12.5. The number of hydrogen-bond donors (Lipinski definition) is 1. The lowest BCUT2D eigenvalue weighted by Crippen LogP contribution is -2.25. The molecule has 0 fully saturated rings. The molecule has 1 aliphatic rings. The highest BCUT2D eigenvalue weighted by atomic mass is 16.6. The highest BCUT2D eigenvalue weighted by Gasteiger charge is 2.32. The van der Waals surface area contributed by atoms with E-state index in [0.717, 1.165) is 11.1 Å². The zero-order valence-corrected chi connectivity index (χ0v) is 19.3. The van der Waals surface area contributed by atoms with E-state index >= 15 is 0 Å². The SMILES string of the molecule is CCOC(=O)c1cnc(NCCC2(c3ccc([N+](=O)[O-])cn3)C=CC=N2)nc1-c1ccc(C)cc1. The first-order valence-electron chi connectivity index (χ1n) is 11.1. The van der Waals surface area contributed by atoms with E-state index in [1.54, 1.807) is 19.2 Å². The summed E-state index contributed by atoms with van der Waals surface area (Å²) in [6, 6.07) is 10.7. The summed E-state index contributed by atoms with van der Waals surface area (Å²) in [5.41, 5.74) is 2.42. The number of nitrogens with zero attached hydrogens (tertiary/aromatic N) is 5. The molecule has 3 aromatic rings. The Balaban J connectivity index is 1.55.